The molecule has 0 saturated heterocycles. The first kappa shape index (κ1) is 12.7. The molecule has 0 aliphatic rings. The Morgan fingerprint density at radius 3 is 2.44 bits per heavy atom. The second-order valence-corrected chi connectivity index (χ2v) is 5.82. The first-order chi connectivity index (χ1) is 7.30. The Labute approximate surface area is 95.4 Å². The van der Waals surface area contributed by atoms with Crippen LogP contribution < -0.4 is 5.73 Å². The number of nitrogens with two attached hydrogens (primary N) is 1. The number of amides is 1. The maximum Gasteiger partial charge on any atom is 0.217 e. The molecule has 0 radical (unpaired) electrons. The maximum absolute atomic E-state index is 11.4. The number of hydrogen-bond acceptors (Lipinski definition) is 3. The molecule has 2 N–H and O–H groups in total. The van der Waals surface area contributed by atoms with Crippen molar-refractivity contribution in [2.24, 2.45) is 5.73 Å². The molecule has 0 aromatic heterocycles. The first-order valence-electron chi connectivity index (χ1n) is 4.88. The van der Waals surface area contributed by atoms with E-state index in [2.05, 4.69) is 0 Å². The lowest BCUT2D eigenvalue weighted by molar-refractivity contribution is -0.117. The minimum Gasteiger partial charge on any atom is -0.370 e. The van der Waals surface area contributed by atoms with Crippen molar-refractivity contribution in [2.45, 2.75) is 24.7 Å². The fourth-order valence-electron chi connectivity index (χ4n) is 1.55. The fourth-order valence-corrected chi connectivity index (χ4v) is 2.51. The van der Waals surface area contributed by atoms with Crippen molar-refractivity contribution in [3.05, 3.63) is 29.3 Å². The molecule has 0 unspecified atom stereocenters. The molecule has 16 heavy (non-hydrogen) atoms. The van der Waals surface area contributed by atoms with Crippen LogP contribution in [0.5, 0.6) is 0 Å². The SMILES string of the molecule is Cc1cc(CCC(N)=O)ccc1S(C)(=O)=O. The van der Waals surface area contributed by atoms with Gasteiger partial charge in [-0.05, 0) is 30.5 Å². The van der Waals surface area contributed by atoms with Crippen LogP contribution in [0.4, 0.5) is 0 Å². The minimum atomic E-state index is -3.17. The van der Waals surface area contributed by atoms with Gasteiger partial charge < -0.3 is 5.73 Å². The number of hydrogen-bond donors (Lipinski definition) is 1. The number of sulfone groups is 1. The summed E-state index contributed by atoms with van der Waals surface area (Å²) < 4.78 is 22.7. The smallest absolute Gasteiger partial charge is 0.217 e. The van der Waals surface area contributed by atoms with Gasteiger partial charge in [-0.25, -0.2) is 8.42 Å². The molecule has 0 aliphatic carbocycles. The quantitative estimate of drug-likeness (QED) is 0.847. The molecule has 0 heterocycles. The van der Waals surface area contributed by atoms with Crippen LogP contribution in [-0.4, -0.2) is 20.6 Å². The second kappa shape index (κ2) is 4.65. The molecule has 1 amide bonds. The zero-order chi connectivity index (χ0) is 12.3. The Morgan fingerprint density at radius 1 is 1.38 bits per heavy atom. The fraction of sp³-hybridized carbons (Fsp3) is 0.364. The van der Waals surface area contributed by atoms with Crippen LogP contribution in [0, 0.1) is 6.92 Å². The van der Waals surface area contributed by atoms with Crippen molar-refractivity contribution < 1.29 is 13.2 Å². The molecule has 4 nitrogen and oxygen atoms in total. The topological polar surface area (TPSA) is 77.2 Å². The Hall–Kier alpha value is -1.36. The van der Waals surface area contributed by atoms with Crippen LogP contribution in [-0.2, 0) is 21.1 Å². The summed E-state index contributed by atoms with van der Waals surface area (Å²) in [7, 11) is -3.17. The van der Waals surface area contributed by atoms with Gasteiger partial charge in [0.1, 0.15) is 0 Å². The molecule has 88 valence electrons. The largest absolute Gasteiger partial charge is 0.370 e. The second-order valence-electron chi connectivity index (χ2n) is 3.84. The van der Waals surface area contributed by atoms with Crippen LogP contribution >= 0.6 is 0 Å². The van der Waals surface area contributed by atoms with Gasteiger partial charge in [-0.3, -0.25) is 4.79 Å². The van der Waals surface area contributed by atoms with Crippen molar-refractivity contribution in [1.29, 1.82) is 0 Å². The van der Waals surface area contributed by atoms with Gasteiger partial charge in [0.15, 0.2) is 9.84 Å². The van der Waals surface area contributed by atoms with E-state index in [1.807, 2.05) is 0 Å². The van der Waals surface area contributed by atoms with Gasteiger partial charge in [-0.2, -0.15) is 0 Å². The van der Waals surface area contributed by atoms with Gasteiger partial charge in [0.05, 0.1) is 4.90 Å². The third-order valence-electron chi connectivity index (χ3n) is 2.30. The van der Waals surface area contributed by atoms with E-state index in [4.69, 9.17) is 5.73 Å². The van der Waals surface area contributed by atoms with Crippen LogP contribution in [0.1, 0.15) is 17.5 Å². The van der Waals surface area contributed by atoms with E-state index in [1.54, 1.807) is 25.1 Å². The summed E-state index contributed by atoms with van der Waals surface area (Å²) >= 11 is 0. The Morgan fingerprint density at radius 2 is 2.00 bits per heavy atom. The summed E-state index contributed by atoms with van der Waals surface area (Å²) in [4.78, 5) is 10.9. The van der Waals surface area contributed by atoms with Crippen LogP contribution in [0.3, 0.4) is 0 Å². The van der Waals surface area contributed by atoms with Crippen LogP contribution in [0.2, 0.25) is 0 Å². The highest BCUT2D eigenvalue weighted by molar-refractivity contribution is 7.90. The Balaban J connectivity index is 2.96. The average molecular weight is 241 g/mol. The summed E-state index contributed by atoms with van der Waals surface area (Å²) in [5.74, 6) is -0.357. The number of carbonyl (C=O) groups is 1. The molecular weight excluding hydrogens is 226 g/mol. The molecule has 1 aromatic rings. The van der Waals surface area contributed by atoms with Gasteiger partial charge >= 0.3 is 0 Å². The van der Waals surface area contributed by atoms with Gasteiger partial charge in [0.25, 0.3) is 0 Å². The van der Waals surface area contributed by atoms with Crippen LogP contribution in [0.25, 0.3) is 0 Å². The number of aryl methyl sites for hydroxylation is 2. The number of carbonyl (C=O) groups excluding carboxylic acids is 1. The number of benzene rings is 1. The number of rotatable bonds is 4. The normalized spacial score (nSPS) is 11.4. The van der Waals surface area contributed by atoms with E-state index in [9.17, 15) is 13.2 Å². The molecule has 1 rings (SSSR count). The monoisotopic (exact) mass is 241 g/mol. The molecule has 0 spiro atoms. The van der Waals surface area contributed by atoms with E-state index in [1.165, 1.54) is 6.26 Å². The molecule has 1 aromatic carbocycles. The van der Waals surface area contributed by atoms with Crippen molar-refractivity contribution in [3.8, 4) is 0 Å². The summed E-state index contributed by atoms with van der Waals surface area (Å²) in [5, 5.41) is 0. The van der Waals surface area contributed by atoms with E-state index in [0.29, 0.717) is 16.9 Å². The van der Waals surface area contributed by atoms with Crippen molar-refractivity contribution >= 4 is 15.7 Å². The first-order valence-corrected chi connectivity index (χ1v) is 6.78. The standard InChI is InChI=1S/C11H15NO3S/c1-8-7-9(4-6-11(12)13)3-5-10(8)16(2,14)15/h3,5,7H,4,6H2,1-2H3,(H2,12,13). The molecular formula is C11H15NO3S. The van der Waals surface area contributed by atoms with E-state index < -0.39 is 9.84 Å². The Kier molecular flexibility index (Phi) is 3.70. The third-order valence-corrected chi connectivity index (χ3v) is 3.56. The zero-order valence-electron chi connectivity index (χ0n) is 9.36. The highest BCUT2D eigenvalue weighted by Crippen LogP contribution is 2.17. The molecule has 0 fully saturated rings. The molecule has 0 bridgehead atoms. The lowest BCUT2D eigenvalue weighted by Crippen LogP contribution is -2.11. The summed E-state index contributed by atoms with van der Waals surface area (Å²) in [6.07, 6.45) is 2.00. The third kappa shape index (κ3) is 3.34. The lowest BCUT2D eigenvalue weighted by atomic mass is 10.1. The van der Waals surface area contributed by atoms with Crippen LogP contribution in [0.15, 0.2) is 23.1 Å². The summed E-state index contributed by atoms with van der Waals surface area (Å²) in [6, 6.07) is 5.06. The van der Waals surface area contributed by atoms with Crippen molar-refractivity contribution in [3.63, 3.8) is 0 Å². The summed E-state index contributed by atoms with van der Waals surface area (Å²) in [6.45, 7) is 1.74. The van der Waals surface area contributed by atoms with Gasteiger partial charge in [0.2, 0.25) is 5.91 Å². The summed E-state index contributed by atoms with van der Waals surface area (Å²) in [5.41, 5.74) is 6.66. The minimum absolute atomic E-state index is 0.275. The molecule has 0 atom stereocenters. The Bertz CT molecular complexity index is 506. The lowest BCUT2D eigenvalue weighted by Gasteiger charge is -2.06. The molecule has 0 aliphatic heterocycles. The van der Waals surface area contributed by atoms with Gasteiger partial charge in [-0.15, -0.1) is 0 Å². The van der Waals surface area contributed by atoms with E-state index >= 15 is 0 Å². The molecule has 5 heteroatoms. The van der Waals surface area contributed by atoms with Gasteiger partial charge in [0, 0.05) is 12.7 Å². The molecule has 0 saturated carbocycles. The highest BCUT2D eigenvalue weighted by atomic mass is 32.2. The van der Waals surface area contributed by atoms with Gasteiger partial charge in [-0.1, -0.05) is 12.1 Å². The van der Waals surface area contributed by atoms with Crippen molar-refractivity contribution in [2.75, 3.05) is 6.26 Å². The predicted molar refractivity (Wildman–Crippen MR) is 61.8 cm³/mol. The number of primary amides is 1. The van der Waals surface area contributed by atoms with E-state index in [-0.39, 0.29) is 12.3 Å². The van der Waals surface area contributed by atoms with Crippen molar-refractivity contribution in [1.82, 2.24) is 0 Å². The average Bonchev–Trinajstić information content (AvgIpc) is 2.12. The maximum atomic E-state index is 11.4. The zero-order valence-corrected chi connectivity index (χ0v) is 10.2. The highest BCUT2D eigenvalue weighted by Gasteiger charge is 2.10. The predicted octanol–water partition coefficient (Wildman–Crippen LogP) is 0.816. The van der Waals surface area contributed by atoms with E-state index in [0.717, 1.165) is 5.56 Å².